The van der Waals surface area contributed by atoms with Crippen molar-refractivity contribution >= 4 is 21.0 Å². The molecule has 136 valence electrons. The van der Waals surface area contributed by atoms with E-state index in [1.807, 2.05) is 13.8 Å². The molecule has 0 unspecified atom stereocenters. The lowest BCUT2D eigenvalue weighted by molar-refractivity contribution is -0.152. The Balaban J connectivity index is 2.43. The lowest BCUT2D eigenvalue weighted by Gasteiger charge is -2.45. The number of carbonyl (C=O) groups is 2. The summed E-state index contributed by atoms with van der Waals surface area (Å²) in [6, 6.07) is 0. The Bertz CT molecular complexity index is 546. The van der Waals surface area contributed by atoms with Crippen LogP contribution < -0.4 is 0 Å². The van der Waals surface area contributed by atoms with Gasteiger partial charge in [-0.3, -0.25) is 0 Å². The van der Waals surface area contributed by atoms with E-state index < -0.39 is 26.6 Å². The summed E-state index contributed by atoms with van der Waals surface area (Å²) in [5, 5.41) is 0. The van der Waals surface area contributed by atoms with E-state index in [1.54, 1.807) is 0 Å². The second kappa shape index (κ2) is 6.75. The number of ether oxygens (including phenoxy) is 1. The zero-order chi connectivity index (χ0) is 18.3. The molecule has 1 saturated carbocycles. The van der Waals surface area contributed by atoms with Crippen LogP contribution in [-0.4, -0.2) is 26.6 Å². The maximum Gasteiger partial charge on any atom is 0.345 e. The van der Waals surface area contributed by atoms with E-state index in [2.05, 4.69) is 33.9 Å². The minimum atomic E-state index is -1.39. The van der Waals surface area contributed by atoms with Gasteiger partial charge in [-0.25, -0.2) is 9.59 Å². The van der Waals surface area contributed by atoms with Gasteiger partial charge in [-0.15, -0.1) is 0 Å². The molecule has 0 aromatic rings. The summed E-state index contributed by atoms with van der Waals surface area (Å²) in [5.74, 6) is -0.378. The summed E-state index contributed by atoms with van der Waals surface area (Å²) in [7, 11) is -1.39. The van der Waals surface area contributed by atoms with Crippen LogP contribution in [0.2, 0.25) is 13.1 Å². The third-order valence-electron chi connectivity index (χ3n) is 5.39. The molecule has 1 aliphatic carbocycles. The topological polar surface area (TPSA) is 52.6 Å². The molecule has 2 rings (SSSR count). The zero-order valence-electron chi connectivity index (χ0n) is 16.2. The highest BCUT2D eigenvalue weighted by molar-refractivity contribution is 6.48. The molecule has 0 amide bonds. The summed E-state index contributed by atoms with van der Waals surface area (Å²) in [6.07, 6.45) is 3.63. The molecule has 0 aromatic heterocycles. The van der Waals surface area contributed by atoms with Gasteiger partial charge < -0.3 is 9.16 Å². The molecule has 0 spiro atoms. The smallest absolute Gasteiger partial charge is 0.345 e. The SMILES string of the molecule is CC(C)C1=C(C2(O[SiH](C)C)CCC(C(C)(C)C)CC2)C(=O)OC1=O. The molecule has 0 N–H and O–H groups in total. The third kappa shape index (κ3) is 3.67. The summed E-state index contributed by atoms with van der Waals surface area (Å²) in [6.45, 7) is 14.9. The average molecular weight is 353 g/mol. The Morgan fingerprint density at radius 1 is 1.12 bits per heavy atom. The normalized spacial score (nSPS) is 29.0. The van der Waals surface area contributed by atoms with Crippen LogP contribution >= 0.6 is 0 Å². The molecule has 24 heavy (non-hydrogen) atoms. The van der Waals surface area contributed by atoms with Crippen molar-refractivity contribution in [2.75, 3.05) is 0 Å². The average Bonchev–Trinajstić information content (AvgIpc) is 2.72. The van der Waals surface area contributed by atoms with Gasteiger partial charge in [-0.05, 0) is 56.0 Å². The Morgan fingerprint density at radius 2 is 1.67 bits per heavy atom. The first-order chi connectivity index (χ1) is 11.0. The first-order valence-electron chi connectivity index (χ1n) is 9.17. The molecule has 4 nitrogen and oxygen atoms in total. The van der Waals surface area contributed by atoms with E-state index in [4.69, 9.17) is 9.16 Å². The van der Waals surface area contributed by atoms with Crippen molar-refractivity contribution in [2.24, 2.45) is 17.3 Å². The minimum Gasteiger partial charge on any atom is -0.411 e. The van der Waals surface area contributed by atoms with Gasteiger partial charge in [0, 0.05) is 0 Å². The van der Waals surface area contributed by atoms with Gasteiger partial charge in [-0.1, -0.05) is 34.6 Å². The standard InChI is InChI=1S/C19H32O4Si/c1-12(2)14-15(17(21)22-16(14)20)19(23-24(6)7)10-8-13(9-11-19)18(3,4)5/h12-13,24H,8-11H2,1-7H3. The predicted octanol–water partition coefficient (Wildman–Crippen LogP) is 4.00. The fraction of sp³-hybridized carbons (Fsp3) is 0.789. The van der Waals surface area contributed by atoms with Crippen molar-refractivity contribution < 1.29 is 18.8 Å². The molecule has 5 heteroatoms. The number of esters is 2. The highest BCUT2D eigenvalue weighted by Crippen LogP contribution is 2.48. The monoisotopic (exact) mass is 352 g/mol. The number of cyclic esters (lactones) is 2. The molecule has 0 saturated heterocycles. The number of hydrogen-bond acceptors (Lipinski definition) is 4. The van der Waals surface area contributed by atoms with Gasteiger partial charge in [0.2, 0.25) is 0 Å². The number of carbonyl (C=O) groups excluding carboxylic acids is 2. The fourth-order valence-electron chi connectivity index (χ4n) is 4.19. The number of hydrogen-bond donors (Lipinski definition) is 0. The van der Waals surface area contributed by atoms with Crippen LogP contribution in [0.5, 0.6) is 0 Å². The molecule has 1 aliphatic heterocycles. The van der Waals surface area contributed by atoms with Crippen LogP contribution in [0.4, 0.5) is 0 Å². The maximum atomic E-state index is 12.5. The van der Waals surface area contributed by atoms with E-state index in [1.165, 1.54) is 0 Å². The molecule has 0 aromatic carbocycles. The Hall–Kier alpha value is -0.943. The predicted molar refractivity (Wildman–Crippen MR) is 97.1 cm³/mol. The maximum absolute atomic E-state index is 12.5. The van der Waals surface area contributed by atoms with Crippen molar-refractivity contribution in [1.82, 2.24) is 0 Å². The quantitative estimate of drug-likeness (QED) is 0.436. The van der Waals surface area contributed by atoms with Crippen LogP contribution in [0.3, 0.4) is 0 Å². The van der Waals surface area contributed by atoms with E-state index >= 15 is 0 Å². The van der Waals surface area contributed by atoms with Crippen LogP contribution in [0.15, 0.2) is 11.1 Å². The molecular weight excluding hydrogens is 320 g/mol. The van der Waals surface area contributed by atoms with Crippen LogP contribution in [0.1, 0.15) is 60.3 Å². The zero-order valence-corrected chi connectivity index (χ0v) is 17.3. The second-order valence-corrected chi connectivity index (χ2v) is 11.3. The van der Waals surface area contributed by atoms with E-state index in [0.29, 0.717) is 17.1 Å². The van der Waals surface area contributed by atoms with Crippen molar-refractivity contribution in [2.45, 2.75) is 79.0 Å². The molecule has 1 fully saturated rings. The lowest BCUT2D eigenvalue weighted by atomic mass is 9.66. The number of rotatable bonds is 4. The van der Waals surface area contributed by atoms with Crippen molar-refractivity contribution in [3.8, 4) is 0 Å². The molecule has 0 atom stereocenters. The highest BCUT2D eigenvalue weighted by atomic mass is 28.3. The van der Waals surface area contributed by atoms with E-state index in [9.17, 15) is 9.59 Å². The first kappa shape index (κ1) is 19.4. The molecule has 0 bridgehead atoms. The van der Waals surface area contributed by atoms with Gasteiger partial charge in [0.1, 0.15) is 0 Å². The largest absolute Gasteiger partial charge is 0.411 e. The van der Waals surface area contributed by atoms with E-state index in [-0.39, 0.29) is 11.3 Å². The van der Waals surface area contributed by atoms with Crippen molar-refractivity contribution in [3.63, 3.8) is 0 Å². The van der Waals surface area contributed by atoms with Gasteiger partial charge in [-0.2, -0.15) is 0 Å². The van der Waals surface area contributed by atoms with Crippen molar-refractivity contribution in [1.29, 1.82) is 0 Å². The minimum absolute atomic E-state index is 0.0337. The van der Waals surface area contributed by atoms with E-state index in [0.717, 1.165) is 25.7 Å². The second-order valence-electron chi connectivity index (χ2n) is 8.92. The van der Waals surface area contributed by atoms with Crippen LogP contribution in [0, 0.1) is 17.3 Å². The fourth-order valence-corrected chi connectivity index (χ4v) is 5.44. The molecule has 0 radical (unpaired) electrons. The molecular formula is C19H32O4Si. The summed E-state index contributed by atoms with van der Waals surface area (Å²) < 4.78 is 11.4. The van der Waals surface area contributed by atoms with Gasteiger partial charge in [0.05, 0.1) is 16.7 Å². The molecule has 2 aliphatic rings. The summed E-state index contributed by atoms with van der Waals surface area (Å²) in [4.78, 5) is 24.7. The van der Waals surface area contributed by atoms with Gasteiger partial charge >= 0.3 is 11.9 Å². The van der Waals surface area contributed by atoms with Crippen LogP contribution in [0.25, 0.3) is 0 Å². The Labute approximate surface area is 147 Å². The Morgan fingerprint density at radius 3 is 2.08 bits per heavy atom. The van der Waals surface area contributed by atoms with Gasteiger partial charge in [0.15, 0.2) is 9.04 Å². The first-order valence-corrected chi connectivity index (χ1v) is 11.9. The van der Waals surface area contributed by atoms with Gasteiger partial charge in [0.25, 0.3) is 0 Å². The lowest BCUT2D eigenvalue weighted by Crippen LogP contribution is -2.46. The van der Waals surface area contributed by atoms with Crippen molar-refractivity contribution in [3.05, 3.63) is 11.1 Å². The third-order valence-corrected chi connectivity index (χ3v) is 6.31. The van der Waals surface area contributed by atoms with Crippen LogP contribution in [-0.2, 0) is 18.8 Å². The highest BCUT2D eigenvalue weighted by Gasteiger charge is 2.51. The Kier molecular flexibility index (Phi) is 5.45. The summed E-state index contributed by atoms with van der Waals surface area (Å²) >= 11 is 0. The molecule has 1 heterocycles. The summed E-state index contributed by atoms with van der Waals surface area (Å²) in [5.41, 5.74) is 0.688.